The third kappa shape index (κ3) is 3.62. The molecule has 0 amide bonds. The second kappa shape index (κ2) is 6.59. The minimum atomic E-state index is -3.12. The molecule has 2 fully saturated rings. The number of piperidine rings is 1. The second-order valence-electron chi connectivity index (χ2n) is 5.14. The number of hydrogen-bond acceptors (Lipinski definition) is 4. The lowest BCUT2D eigenvalue weighted by Gasteiger charge is -2.26. The van der Waals surface area contributed by atoms with Crippen molar-refractivity contribution in [3.8, 4) is 0 Å². The Kier molecular flexibility index (Phi) is 5.35. The van der Waals surface area contributed by atoms with Crippen LogP contribution in [0.3, 0.4) is 0 Å². The normalized spacial score (nSPS) is 30.7. The summed E-state index contributed by atoms with van der Waals surface area (Å²) in [5.74, 6) is 1.07. The maximum absolute atomic E-state index is 12.3. The lowest BCUT2D eigenvalue weighted by molar-refractivity contribution is 0.481. The van der Waals surface area contributed by atoms with E-state index < -0.39 is 10.0 Å². The van der Waals surface area contributed by atoms with Gasteiger partial charge in [-0.3, -0.25) is 0 Å². The molecule has 6 heteroatoms. The quantitative estimate of drug-likeness (QED) is 0.803. The molecule has 2 rings (SSSR count). The van der Waals surface area contributed by atoms with E-state index in [2.05, 4.69) is 17.0 Å². The molecule has 2 unspecified atom stereocenters. The first-order valence-corrected chi connectivity index (χ1v) is 9.56. The highest BCUT2D eigenvalue weighted by atomic mass is 32.2. The molecule has 106 valence electrons. The zero-order chi connectivity index (χ0) is 13.0. The molecule has 0 bridgehead atoms. The average molecular weight is 292 g/mol. The third-order valence-electron chi connectivity index (χ3n) is 3.87. The van der Waals surface area contributed by atoms with Crippen LogP contribution in [0.4, 0.5) is 0 Å². The van der Waals surface area contributed by atoms with Gasteiger partial charge in [0.05, 0.1) is 5.25 Å². The summed E-state index contributed by atoms with van der Waals surface area (Å²) in [4.78, 5) is 0. The fourth-order valence-electron chi connectivity index (χ4n) is 2.89. The van der Waals surface area contributed by atoms with Crippen LogP contribution >= 0.6 is 11.8 Å². The van der Waals surface area contributed by atoms with Gasteiger partial charge in [-0.1, -0.05) is 13.3 Å². The highest BCUT2D eigenvalue weighted by molar-refractivity contribution is 8.00. The summed E-state index contributed by atoms with van der Waals surface area (Å²) in [6.07, 6.45) is 4.79. The van der Waals surface area contributed by atoms with Crippen molar-refractivity contribution in [1.82, 2.24) is 10.0 Å². The Morgan fingerprint density at radius 2 is 1.94 bits per heavy atom. The first-order valence-electron chi connectivity index (χ1n) is 6.97. The first-order chi connectivity index (χ1) is 8.63. The Balaban J connectivity index is 1.94. The predicted molar refractivity (Wildman–Crippen MR) is 77.5 cm³/mol. The van der Waals surface area contributed by atoms with E-state index in [4.69, 9.17) is 0 Å². The van der Waals surface area contributed by atoms with Crippen LogP contribution in [0, 0.1) is 0 Å². The largest absolute Gasteiger partial charge is 0.317 e. The molecular formula is C12H24N2O2S2. The van der Waals surface area contributed by atoms with Gasteiger partial charge in [0.15, 0.2) is 0 Å². The van der Waals surface area contributed by atoms with E-state index in [9.17, 15) is 8.42 Å². The van der Waals surface area contributed by atoms with Crippen LogP contribution in [0.15, 0.2) is 0 Å². The Hall–Kier alpha value is 0.220. The molecule has 1 saturated heterocycles. The lowest BCUT2D eigenvalue weighted by Crippen LogP contribution is -2.46. The molecule has 2 atom stereocenters. The van der Waals surface area contributed by atoms with Crippen molar-refractivity contribution in [2.45, 2.75) is 55.6 Å². The van der Waals surface area contributed by atoms with Gasteiger partial charge in [0.25, 0.3) is 0 Å². The van der Waals surface area contributed by atoms with E-state index in [0.29, 0.717) is 5.25 Å². The van der Waals surface area contributed by atoms with Gasteiger partial charge < -0.3 is 5.32 Å². The molecule has 0 aromatic heterocycles. The molecule has 2 N–H and O–H groups in total. The highest BCUT2D eigenvalue weighted by Gasteiger charge is 2.34. The van der Waals surface area contributed by atoms with E-state index in [1.165, 1.54) is 0 Å². The fraction of sp³-hybridized carbons (Fsp3) is 1.00. The molecule has 1 saturated carbocycles. The Morgan fingerprint density at radius 1 is 1.22 bits per heavy atom. The van der Waals surface area contributed by atoms with Crippen LogP contribution in [-0.4, -0.2) is 43.8 Å². The van der Waals surface area contributed by atoms with Crippen molar-refractivity contribution >= 4 is 21.8 Å². The van der Waals surface area contributed by atoms with Gasteiger partial charge in [0.2, 0.25) is 10.0 Å². The molecule has 1 heterocycles. The van der Waals surface area contributed by atoms with Crippen LogP contribution in [0.25, 0.3) is 0 Å². The number of nitrogens with one attached hydrogen (secondary N) is 2. The highest BCUT2D eigenvalue weighted by Crippen LogP contribution is 2.31. The Labute approximate surface area is 115 Å². The number of thioether (sulfide) groups is 1. The average Bonchev–Trinajstić information content (AvgIpc) is 2.78. The maximum atomic E-state index is 12.3. The van der Waals surface area contributed by atoms with Crippen LogP contribution < -0.4 is 10.0 Å². The van der Waals surface area contributed by atoms with Crippen molar-refractivity contribution in [2.75, 3.05) is 18.8 Å². The molecule has 18 heavy (non-hydrogen) atoms. The molecule has 1 aliphatic carbocycles. The van der Waals surface area contributed by atoms with Gasteiger partial charge in [0.1, 0.15) is 0 Å². The molecule has 0 aromatic carbocycles. The second-order valence-corrected chi connectivity index (χ2v) is 8.65. The van der Waals surface area contributed by atoms with E-state index in [1.807, 2.05) is 11.8 Å². The van der Waals surface area contributed by atoms with E-state index in [1.54, 1.807) is 0 Å². The maximum Gasteiger partial charge on any atom is 0.214 e. The van der Waals surface area contributed by atoms with Gasteiger partial charge in [-0.2, -0.15) is 11.8 Å². The molecule has 1 aliphatic heterocycles. The molecule has 0 spiro atoms. The van der Waals surface area contributed by atoms with E-state index in [-0.39, 0.29) is 11.3 Å². The van der Waals surface area contributed by atoms with Crippen molar-refractivity contribution in [1.29, 1.82) is 0 Å². The lowest BCUT2D eigenvalue weighted by atomic mass is 10.2. The Morgan fingerprint density at radius 3 is 2.61 bits per heavy atom. The van der Waals surface area contributed by atoms with Gasteiger partial charge in [-0.15, -0.1) is 0 Å². The summed E-state index contributed by atoms with van der Waals surface area (Å²) in [7, 11) is -3.12. The van der Waals surface area contributed by atoms with E-state index in [0.717, 1.165) is 50.9 Å². The third-order valence-corrected chi connectivity index (χ3v) is 7.18. The molecule has 2 aliphatic rings. The molecule has 0 radical (unpaired) electrons. The van der Waals surface area contributed by atoms with Crippen LogP contribution in [0.1, 0.15) is 39.0 Å². The summed E-state index contributed by atoms with van der Waals surface area (Å²) < 4.78 is 27.7. The number of rotatable bonds is 5. The summed E-state index contributed by atoms with van der Waals surface area (Å²) in [5, 5.41) is 3.50. The monoisotopic (exact) mass is 292 g/mol. The minimum Gasteiger partial charge on any atom is -0.317 e. The molecule has 4 nitrogen and oxygen atoms in total. The fourth-order valence-corrected chi connectivity index (χ4v) is 5.92. The zero-order valence-electron chi connectivity index (χ0n) is 11.0. The van der Waals surface area contributed by atoms with Crippen molar-refractivity contribution in [3.05, 3.63) is 0 Å². The number of sulfonamides is 1. The molecule has 0 aromatic rings. The standard InChI is InChI=1S/C12H24N2O2S2/c1-2-17-12-5-3-4-11(12)14-18(15,16)10-6-8-13-9-7-10/h10-14H,2-9H2,1H3. The van der Waals surface area contributed by atoms with Gasteiger partial charge >= 0.3 is 0 Å². The van der Waals surface area contributed by atoms with Gasteiger partial charge in [-0.25, -0.2) is 13.1 Å². The summed E-state index contributed by atoms with van der Waals surface area (Å²) in [5.41, 5.74) is 0. The number of hydrogen-bond donors (Lipinski definition) is 2. The van der Waals surface area contributed by atoms with Crippen LogP contribution in [0.5, 0.6) is 0 Å². The van der Waals surface area contributed by atoms with Crippen LogP contribution in [-0.2, 0) is 10.0 Å². The smallest absolute Gasteiger partial charge is 0.214 e. The van der Waals surface area contributed by atoms with Gasteiger partial charge in [-0.05, 0) is 44.5 Å². The van der Waals surface area contributed by atoms with Crippen molar-refractivity contribution in [2.24, 2.45) is 0 Å². The van der Waals surface area contributed by atoms with Crippen molar-refractivity contribution < 1.29 is 8.42 Å². The first kappa shape index (κ1) is 14.6. The topological polar surface area (TPSA) is 58.2 Å². The van der Waals surface area contributed by atoms with Crippen molar-refractivity contribution in [3.63, 3.8) is 0 Å². The van der Waals surface area contributed by atoms with Gasteiger partial charge in [0, 0.05) is 11.3 Å². The molecular weight excluding hydrogens is 268 g/mol. The van der Waals surface area contributed by atoms with E-state index >= 15 is 0 Å². The summed E-state index contributed by atoms with van der Waals surface area (Å²) >= 11 is 1.90. The SMILES string of the molecule is CCSC1CCCC1NS(=O)(=O)C1CCNCC1. The zero-order valence-corrected chi connectivity index (χ0v) is 12.7. The van der Waals surface area contributed by atoms with Crippen LogP contribution in [0.2, 0.25) is 0 Å². The summed E-state index contributed by atoms with van der Waals surface area (Å²) in [6, 6.07) is 0.162. The predicted octanol–water partition coefficient (Wildman–Crippen LogP) is 1.33. The minimum absolute atomic E-state index is 0.162. The Bertz CT molecular complexity index is 353. The summed E-state index contributed by atoms with van der Waals surface area (Å²) in [6.45, 7) is 3.79.